The second-order valence-corrected chi connectivity index (χ2v) is 4.55. The van der Waals surface area contributed by atoms with Crippen molar-refractivity contribution >= 4 is 11.7 Å². The first kappa shape index (κ1) is 16.3. The number of nitrogens with one attached hydrogen (secondary N) is 1. The Hall–Kier alpha value is -1.75. The van der Waals surface area contributed by atoms with Gasteiger partial charge in [-0.2, -0.15) is 0 Å². The summed E-state index contributed by atoms with van der Waals surface area (Å²) in [6, 6.07) is 7.42. The maximum absolute atomic E-state index is 12.3. The molecule has 0 radical (unpaired) electrons. The fourth-order valence-corrected chi connectivity index (χ4v) is 1.90. The number of amides is 2. The minimum absolute atomic E-state index is 0.101. The van der Waals surface area contributed by atoms with Crippen molar-refractivity contribution in [1.29, 1.82) is 0 Å². The van der Waals surface area contributed by atoms with Gasteiger partial charge in [0.05, 0.1) is 12.8 Å². The van der Waals surface area contributed by atoms with E-state index in [0.717, 1.165) is 24.9 Å². The molecule has 1 rings (SSSR count). The molecule has 5 heteroatoms. The van der Waals surface area contributed by atoms with Crippen molar-refractivity contribution in [3.05, 3.63) is 24.3 Å². The summed E-state index contributed by atoms with van der Waals surface area (Å²) < 4.78 is 5.33. The third-order valence-electron chi connectivity index (χ3n) is 3.01. The molecular weight excluding hydrogens is 254 g/mol. The third-order valence-corrected chi connectivity index (χ3v) is 3.01. The molecule has 0 saturated carbocycles. The second kappa shape index (κ2) is 9.20. The van der Waals surface area contributed by atoms with E-state index in [1.165, 1.54) is 0 Å². The zero-order valence-electron chi connectivity index (χ0n) is 12.4. The number of carbonyl (C=O) groups excluding carboxylic acids is 1. The van der Waals surface area contributed by atoms with Crippen LogP contribution in [-0.2, 0) is 0 Å². The summed E-state index contributed by atoms with van der Waals surface area (Å²) in [5, 5.41) is 2.93. The van der Waals surface area contributed by atoms with Gasteiger partial charge in [-0.1, -0.05) is 25.5 Å². The molecule has 1 aromatic carbocycles. The maximum atomic E-state index is 12.3. The Bertz CT molecular complexity index is 410. The summed E-state index contributed by atoms with van der Waals surface area (Å²) in [5.41, 5.74) is 6.33. The van der Waals surface area contributed by atoms with Gasteiger partial charge in [-0.05, 0) is 31.5 Å². The van der Waals surface area contributed by atoms with Gasteiger partial charge >= 0.3 is 6.03 Å². The third kappa shape index (κ3) is 4.74. The Balaban J connectivity index is 2.84. The largest absolute Gasteiger partial charge is 0.495 e. The normalized spacial score (nSPS) is 10.2. The fraction of sp³-hybridized carbons (Fsp3) is 0.533. The topological polar surface area (TPSA) is 67.6 Å². The molecule has 5 nitrogen and oxygen atoms in total. The number of hydrogen-bond donors (Lipinski definition) is 2. The standard InChI is InChI=1S/C15H25N3O2/c1-3-4-11-17-15(19)18(12-7-10-16)13-8-5-6-9-14(13)20-2/h5-6,8-9H,3-4,7,10-12,16H2,1-2H3,(H,17,19). The number of unbranched alkanes of at least 4 members (excludes halogenated alkanes) is 1. The minimum Gasteiger partial charge on any atom is -0.495 e. The molecule has 0 unspecified atom stereocenters. The van der Waals surface area contributed by atoms with Crippen molar-refractivity contribution in [2.75, 3.05) is 31.6 Å². The highest BCUT2D eigenvalue weighted by Crippen LogP contribution is 2.27. The monoisotopic (exact) mass is 279 g/mol. The summed E-state index contributed by atoms with van der Waals surface area (Å²) in [5.74, 6) is 0.690. The first-order valence-corrected chi connectivity index (χ1v) is 7.13. The zero-order chi connectivity index (χ0) is 14.8. The zero-order valence-corrected chi connectivity index (χ0v) is 12.4. The number of urea groups is 1. The van der Waals surface area contributed by atoms with Crippen LogP contribution in [-0.4, -0.2) is 32.8 Å². The molecule has 0 spiro atoms. The smallest absolute Gasteiger partial charge is 0.321 e. The van der Waals surface area contributed by atoms with Crippen LogP contribution in [0.5, 0.6) is 5.75 Å². The lowest BCUT2D eigenvalue weighted by atomic mass is 10.2. The molecule has 0 heterocycles. The highest BCUT2D eigenvalue weighted by Gasteiger charge is 2.18. The van der Waals surface area contributed by atoms with Crippen LogP contribution in [0.25, 0.3) is 0 Å². The predicted molar refractivity (Wildman–Crippen MR) is 82.3 cm³/mol. The van der Waals surface area contributed by atoms with Crippen molar-refractivity contribution < 1.29 is 9.53 Å². The highest BCUT2D eigenvalue weighted by atomic mass is 16.5. The molecule has 1 aromatic rings. The number of hydrogen-bond acceptors (Lipinski definition) is 3. The second-order valence-electron chi connectivity index (χ2n) is 4.55. The number of carbonyl (C=O) groups is 1. The molecule has 0 atom stereocenters. The van der Waals surface area contributed by atoms with Crippen molar-refractivity contribution in [2.24, 2.45) is 5.73 Å². The van der Waals surface area contributed by atoms with Gasteiger partial charge in [0.1, 0.15) is 5.75 Å². The molecule has 112 valence electrons. The molecule has 2 amide bonds. The highest BCUT2D eigenvalue weighted by molar-refractivity contribution is 5.93. The van der Waals surface area contributed by atoms with E-state index in [1.54, 1.807) is 12.0 Å². The van der Waals surface area contributed by atoms with Crippen LogP contribution in [0.15, 0.2) is 24.3 Å². The summed E-state index contributed by atoms with van der Waals surface area (Å²) in [6.45, 7) is 3.91. The van der Waals surface area contributed by atoms with Crippen LogP contribution in [0.1, 0.15) is 26.2 Å². The Labute approximate surface area is 121 Å². The van der Waals surface area contributed by atoms with Crippen molar-refractivity contribution in [1.82, 2.24) is 5.32 Å². The van der Waals surface area contributed by atoms with E-state index in [4.69, 9.17) is 10.5 Å². The number of anilines is 1. The number of para-hydroxylation sites is 2. The van der Waals surface area contributed by atoms with Gasteiger partial charge in [0, 0.05) is 13.1 Å². The average molecular weight is 279 g/mol. The fourth-order valence-electron chi connectivity index (χ4n) is 1.90. The molecule has 20 heavy (non-hydrogen) atoms. The molecule has 0 aliphatic carbocycles. The van der Waals surface area contributed by atoms with E-state index in [1.807, 2.05) is 24.3 Å². The van der Waals surface area contributed by atoms with Gasteiger partial charge in [-0.3, -0.25) is 4.90 Å². The molecule has 0 bridgehead atoms. The molecular formula is C15H25N3O2. The van der Waals surface area contributed by atoms with Crippen LogP contribution in [0.2, 0.25) is 0 Å². The summed E-state index contributed by atoms with van der Waals surface area (Å²) in [4.78, 5) is 14.0. The lowest BCUT2D eigenvalue weighted by molar-refractivity contribution is 0.246. The van der Waals surface area contributed by atoms with Gasteiger partial charge < -0.3 is 15.8 Å². The van der Waals surface area contributed by atoms with Gasteiger partial charge in [-0.15, -0.1) is 0 Å². The Morgan fingerprint density at radius 3 is 2.75 bits per heavy atom. The lowest BCUT2D eigenvalue weighted by Gasteiger charge is -2.24. The van der Waals surface area contributed by atoms with Crippen molar-refractivity contribution in [3.63, 3.8) is 0 Å². The van der Waals surface area contributed by atoms with E-state index in [2.05, 4.69) is 12.2 Å². The summed E-state index contributed by atoms with van der Waals surface area (Å²) in [7, 11) is 1.61. The predicted octanol–water partition coefficient (Wildman–Crippen LogP) is 2.36. The first-order valence-electron chi connectivity index (χ1n) is 7.13. The Morgan fingerprint density at radius 2 is 2.10 bits per heavy atom. The first-order chi connectivity index (χ1) is 9.74. The number of rotatable bonds is 8. The van der Waals surface area contributed by atoms with Crippen molar-refractivity contribution in [3.8, 4) is 5.75 Å². The Kier molecular flexibility index (Phi) is 7.50. The summed E-state index contributed by atoms with van der Waals surface area (Å²) in [6.07, 6.45) is 2.78. The van der Waals surface area contributed by atoms with Gasteiger partial charge in [0.25, 0.3) is 0 Å². The van der Waals surface area contributed by atoms with Crippen LogP contribution in [0.4, 0.5) is 10.5 Å². The minimum atomic E-state index is -0.101. The van der Waals surface area contributed by atoms with E-state index in [9.17, 15) is 4.79 Å². The molecule has 0 aliphatic rings. The quantitative estimate of drug-likeness (QED) is 0.718. The van der Waals surface area contributed by atoms with Gasteiger partial charge in [-0.25, -0.2) is 4.79 Å². The van der Waals surface area contributed by atoms with E-state index < -0.39 is 0 Å². The molecule has 0 fully saturated rings. The molecule has 0 aliphatic heterocycles. The van der Waals surface area contributed by atoms with Gasteiger partial charge in [0.15, 0.2) is 0 Å². The van der Waals surface area contributed by atoms with Crippen molar-refractivity contribution in [2.45, 2.75) is 26.2 Å². The molecule has 0 saturated heterocycles. The summed E-state index contributed by atoms with van der Waals surface area (Å²) >= 11 is 0. The molecule has 3 N–H and O–H groups in total. The average Bonchev–Trinajstić information content (AvgIpc) is 2.48. The number of ether oxygens (including phenoxy) is 1. The molecule has 0 aromatic heterocycles. The number of nitrogens with zero attached hydrogens (tertiary/aromatic N) is 1. The van der Waals surface area contributed by atoms with Crippen LogP contribution < -0.4 is 20.7 Å². The number of methoxy groups -OCH3 is 1. The van der Waals surface area contributed by atoms with Gasteiger partial charge in [0.2, 0.25) is 0 Å². The van der Waals surface area contributed by atoms with E-state index in [-0.39, 0.29) is 6.03 Å². The number of nitrogens with two attached hydrogens (primary N) is 1. The van der Waals surface area contributed by atoms with Crippen LogP contribution in [0, 0.1) is 0 Å². The van der Waals surface area contributed by atoms with Crippen LogP contribution >= 0.6 is 0 Å². The van der Waals surface area contributed by atoms with Crippen LogP contribution in [0.3, 0.4) is 0 Å². The maximum Gasteiger partial charge on any atom is 0.321 e. The Morgan fingerprint density at radius 1 is 1.35 bits per heavy atom. The number of benzene rings is 1. The lowest BCUT2D eigenvalue weighted by Crippen LogP contribution is -2.41. The van der Waals surface area contributed by atoms with E-state index in [0.29, 0.717) is 25.4 Å². The van der Waals surface area contributed by atoms with E-state index >= 15 is 0 Å². The SMILES string of the molecule is CCCCNC(=O)N(CCCN)c1ccccc1OC.